The first-order valence-electron chi connectivity index (χ1n) is 10.5. The Labute approximate surface area is 207 Å². The van der Waals surface area contributed by atoms with Gasteiger partial charge in [-0.1, -0.05) is 23.2 Å². The number of halogens is 2. The van der Waals surface area contributed by atoms with E-state index in [4.69, 9.17) is 27.9 Å². The van der Waals surface area contributed by atoms with E-state index in [0.717, 1.165) is 5.56 Å². The van der Waals surface area contributed by atoms with E-state index >= 15 is 0 Å². The van der Waals surface area contributed by atoms with Crippen LogP contribution >= 0.6 is 23.2 Å². The van der Waals surface area contributed by atoms with E-state index in [-0.39, 0.29) is 29.3 Å². The molecule has 0 aliphatic carbocycles. The highest BCUT2D eigenvalue weighted by Gasteiger charge is 2.28. The molecule has 0 saturated carbocycles. The van der Waals surface area contributed by atoms with Crippen LogP contribution in [0, 0.1) is 19.8 Å². The summed E-state index contributed by atoms with van der Waals surface area (Å²) in [6.07, 6.45) is 0.804. The zero-order chi connectivity index (χ0) is 24.5. The Morgan fingerprint density at radius 2 is 1.82 bits per heavy atom. The molecule has 1 aliphatic rings. The van der Waals surface area contributed by atoms with E-state index in [0.29, 0.717) is 45.7 Å². The first-order chi connectivity index (χ1) is 16.1. The van der Waals surface area contributed by atoms with Crippen LogP contribution in [0.1, 0.15) is 23.4 Å². The molecule has 4 rings (SSSR count). The lowest BCUT2D eigenvalue weighted by Crippen LogP contribution is -2.31. The molecule has 0 fully saturated rings. The number of fused-ring (bicyclic) bond motifs is 1. The lowest BCUT2D eigenvalue weighted by atomic mass is 9.91. The summed E-state index contributed by atoms with van der Waals surface area (Å²) >= 11 is 12.0. The van der Waals surface area contributed by atoms with Gasteiger partial charge in [0.2, 0.25) is 11.9 Å². The summed E-state index contributed by atoms with van der Waals surface area (Å²) in [6.45, 7) is 3.79. The third kappa shape index (κ3) is 5.60. The minimum atomic E-state index is -3.91. The molecule has 2 aromatic carbocycles. The predicted octanol–water partition coefficient (Wildman–Crippen LogP) is 4.78. The molecule has 0 radical (unpaired) electrons. The maximum absolute atomic E-state index is 12.9. The molecule has 0 saturated heterocycles. The zero-order valence-electron chi connectivity index (χ0n) is 18.4. The minimum Gasteiger partial charge on any atom is -0.492 e. The summed E-state index contributed by atoms with van der Waals surface area (Å²) in [5, 5.41) is 3.74. The normalized spacial score (nSPS) is 15.4. The maximum atomic E-state index is 12.9. The molecule has 0 bridgehead atoms. The van der Waals surface area contributed by atoms with Gasteiger partial charge in [0, 0.05) is 28.0 Å². The van der Waals surface area contributed by atoms with Crippen molar-refractivity contribution in [2.24, 2.45) is 5.92 Å². The Morgan fingerprint density at radius 3 is 2.53 bits per heavy atom. The van der Waals surface area contributed by atoms with Crippen LogP contribution in [0.4, 0.5) is 11.6 Å². The Balaban J connectivity index is 1.46. The molecule has 1 amide bonds. The third-order valence-corrected chi connectivity index (χ3v) is 7.16. The van der Waals surface area contributed by atoms with Crippen LogP contribution in [0.3, 0.4) is 0 Å². The summed E-state index contributed by atoms with van der Waals surface area (Å²) < 4.78 is 34.0. The summed E-state index contributed by atoms with van der Waals surface area (Å²) in [5.74, 6) is -0.0296. The van der Waals surface area contributed by atoms with E-state index in [1.807, 2.05) is 0 Å². The molecule has 1 atom stereocenters. The fourth-order valence-electron chi connectivity index (χ4n) is 3.71. The second-order valence-electron chi connectivity index (χ2n) is 8.00. The van der Waals surface area contributed by atoms with Crippen molar-refractivity contribution in [2.75, 3.05) is 16.6 Å². The predicted molar refractivity (Wildman–Crippen MR) is 131 cm³/mol. The van der Waals surface area contributed by atoms with Gasteiger partial charge in [-0.2, -0.15) is 0 Å². The van der Waals surface area contributed by atoms with Gasteiger partial charge < -0.3 is 10.1 Å². The van der Waals surface area contributed by atoms with Crippen molar-refractivity contribution in [2.45, 2.75) is 31.6 Å². The van der Waals surface area contributed by atoms with Crippen LogP contribution in [0.5, 0.6) is 5.75 Å². The number of carbonyl (C=O) groups excluding carboxylic acids is 1. The van der Waals surface area contributed by atoms with Crippen molar-refractivity contribution >= 4 is 50.8 Å². The number of anilines is 2. The van der Waals surface area contributed by atoms with Gasteiger partial charge in [-0.05, 0) is 74.7 Å². The standard InChI is InChI=1S/C23H22Cl2N4O4S/c1-13-9-14(2)27-23(26-13)29-34(31,32)18-4-5-20-16(11-18)10-15(22(30)28-20)7-8-33-21-6-3-17(24)12-19(21)25/h3-6,9,11-12,15H,7-8,10H2,1-2H3,(H,28,30)(H,26,27,29). The number of ether oxygens (including phenoxy) is 1. The third-order valence-electron chi connectivity index (χ3n) is 5.31. The number of nitrogens with one attached hydrogen (secondary N) is 2. The van der Waals surface area contributed by atoms with Crippen molar-refractivity contribution in [1.82, 2.24) is 9.97 Å². The van der Waals surface area contributed by atoms with Crippen LogP contribution in [0.25, 0.3) is 0 Å². The number of aryl methyl sites for hydroxylation is 2. The average Bonchev–Trinajstić information content (AvgIpc) is 2.74. The first-order valence-corrected chi connectivity index (χ1v) is 12.7. The molecule has 8 nitrogen and oxygen atoms in total. The van der Waals surface area contributed by atoms with Crippen LogP contribution in [-0.4, -0.2) is 30.9 Å². The molecule has 2 heterocycles. The smallest absolute Gasteiger partial charge is 0.264 e. The molecule has 1 aromatic heterocycles. The molecular weight excluding hydrogens is 499 g/mol. The van der Waals surface area contributed by atoms with E-state index < -0.39 is 10.0 Å². The summed E-state index contributed by atoms with van der Waals surface area (Å²) in [7, 11) is -3.91. The van der Waals surface area contributed by atoms with E-state index in [9.17, 15) is 13.2 Å². The van der Waals surface area contributed by atoms with Crippen molar-refractivity contribution in [3.63, 3.8) is 0 Å². The summed E-state index contributed by atoms with van der Waals surface area (Å²) in [6, 6.07) is 11.3. The van der Waals surface area contributed by atoms with Gasteiger partial charge in [0.15, 0.2) is 0 Å². The number of nitrogens with zero attached hydrogens (tertiary/aromatic N) is 2. The Kier molecular flexibility index (Phi) is 6.97. The quantitative estimate of drug-likeness (QED) is 0.463. The summed E-state index contributed by atoms with van der Waals surface area (Å²) in [5.41, 5.74) is 2.62. The van der Waals surface area contributed by atoms with Crippen LogP contribution in [0.2, 0.25) is 10.0 Å². The van der Waals surface area contributed by atoms with Gasteiger partial charge in [-0.15, -0.1) is 0 Å². The SMILES string of the molecule is Cc1cc(C)nc(NS(=O)(=O)c2ccc3c(c2)CC(CCOc2ccc(Cl)cc2Cl)C(=O)N3)n1. The Morgan fingerprint density at radius 1 is 1.09 bits per heavy atom. The van der Waals surface area contributed by atoms with Crippen molar-refractivity contribution in [3.05, 3.63) is 69.5 Å². The number of aromatic nitrogens is 2. The van der Waals surface area contributed by atoms with E-state index in [2.05, 4.69) is 20.0 Å². The van der Waals surface area contributed by atoms with Gasteiger partial charge in [-0.3, -0.25) is 4.79 Å². The number of benzene rings is 2. The molecule has 1 unspecified atom stereocenters. The lowest BCUT2D eigenvalue weighted by Gasteiger charge is -2.25. The van der Waals surface area contributed by atoms with Gasteiger partial charge in [-0.25, -0.2) is 23.1 Å². The monoisotopic (exact) mass is 520 g/mol. The van der Waals surface area contributed by atoms with Gasteiger partial charge in [0.05, 0.1) is 16.5 Å². The van der Waals surface area contributed by atoms with Crippen LogP contribution < -0.4 is 14.8 Å². The highest BCUT2D eigenvalue weighted by Crippen LogP contribution is 2.31. The van der Waals surface area contributed by atoms with Crippen molar-refractivity contribution in [1.29, 1.82) is 0 Å². The van der Waals surface area contributed by atoms with Crippen molar-refractivity contribution < 1.29 is 17.9 Å². The highest BCUT2D eigenvalue weighted by molar-refractivity contribution is 7.92. The van der Waals surface area contributed by atoms with Crippen molar-refractivity contribution in [3.8, 4) is 5.75 Å². The highest BCUT2D eigenvalue weighted by atomic mass is 35.5. The average molecular weight is 521 g/mol. The van der Waals surface area contributed by atoms with E-state index in [1.54, 1.807) is 50.2 Å². The molecule has 0 spiro atoms. The lowest BCUT2D eigenvalue weighted by molar-refractivity contribution is -0.120. The largest absolute Gasteiger partial charge is 0.492 e. The summed E-state index contributed by atoms with van der Waals surface area (Å²) in [4.78, 5) is 20.9. The Bertz CT molecular complexity index is 1340. The second kappa shape index (κ2) is 9.77. The Hall–Kier alpha value is -2.88. The van der Waals surface area contributed by atoms with E-state index in [1.165, 1.54) is 6.07 Å². The van der Waals surface area contributed by atoms with Gasteiger partial charge in [0.25, 0.3) is 10.0 Å². The number of rotatable bonds is 7. The molecule has 2 N–H and O–H groups in total. The fraction of sp³-hybridized carbons (Fsp3) is 0.261. The zero-order valence-corrected chi connectivity index (χ0v) is 20.8. The molecule has 178 valence electrons. The number of carbonyl (C=O) groups is 1. The fourth-order valence-corrected chi connectivity index (χ4v) is 5.17. The number of hydrogen-bond acceptors (Lipinski definition) is 6. The molecule has 34 heavy (non-hydrogen) atoms. The first kappa shape index (κ1) is 24.3. The second-order valence-corrected chi connectivity index (χ2v) is 10.5. The molecule has 11 heteroatoms. The van der Waals surface area contributed by atoms with Gasteiger partial charge in [0.1, 0.15) is 5.75 Å². The topological polar surface area (TPSA) is 110 Å². The van der Waals surface area contributed by atoms with Gasteiger partial charge >= 0.3 is 0 Å². The number of amides is 1. The van der Waals surface area contributed by atoms with Crippen LogP contribution in [-0.2, 0) is 21.2 Å². The van der Waals surface area contributed by atoms with Crippen LogP contribution in [0.15, 0.2) is 47.4 Å². The molecular formula is C23H22Cl2N4O4S. The minimum absolute atomic E-state index is 0.0133. The maximum Gasteiger partial charge on any atom is 0.264 e. The number of hydrogen-bond donors (Lipinski definition) is 2. The molecule has 1 aliphatic heterocycles. The molecule has 3 aromatic rings. The number of sulfonamides is 1.